The van der Waals surface area contributed by atoms with E-state index in [1.807, 2.05) is 26.2 Å². The van der Waals surface area contributed by atoms with Gasteiger partial charge in [-0.25, -0.2) is 4.99 Å². The number of benzene rings is 1. The lowest BCUT2D eigenvalue weighted by molar-refractivity contribution is -0.128. The van der Waals surface area contributed by atoms with E-state index in [1.54, 1.807) is 17.9 Å². The highest BCUT2D eigenvalue weighted by molar-refractivity contribution is 6.00. The van der Waals surface area contributed by atoms with E-state index < -0.39 is 0 Å². The van der Waals surface area contributed by atoms with E-state index in [-0.39, 0.29) is 5.91 Å². The Morgan fingerprint density at radius 2 is 2.12 bits per heavy atom. The van der Waals surface area contributed by atoms with Crippen molar-refractivity contribution >= 4 is 29.3 Å². The number of rotatable bonds is 5. The van der Waals surface area contributed by atoms with Gasteiger partial charge in [-0.2, -0.15) is 0 Å². The molecule has 0 unspecified atom stereocenters. The van der Waals surface area contributed by atoms with Crippen molar-refractivity contribution in [2.24, 2.45) is 10.7 Å². The van der Waals surface area contributed by atoms with Crippen LogP contribution in [-0.4, -0.2) is 50.0 Å². The fraction of sp³-hybridized carbons (Fsp3) is 0.353. The molecule has 0 fully saturated rings. The molecule has 0 aromatic heterocycles. The maximum atomic E-state index is 11.6. The van der Waals surface area contributed by atoms with Crippen LogP contribution in [0, 0.1) is 5.41 Å². The summed E-state index contributed by atoms with van der Waals surface area (Å²) in [6, 6.07) is 5.51. The van der Waals surface area contributed by atoms with Crippen LogP contribution in [0.25, 0.3) is 0 Å². The summed E-state index contributed by atoms with van der Waals surface area (Å²) >= 11 is 0. The van der Waals surface area contributed by atoms with E-state index in [1.165, 1.54) is 6.21 Å². The first-order valence-electron chi connectivity index (χ1n) is 7.82. The lowest BCUT2D eigenvalue weighted by atomic mass is 10.0. The number of nitrogens with two attached hydrogens (primary N) is 1. The molecule has 0 radical (unpaired) electrons. The normalized spacial score (nSPS) is 15.3. The third kappa shape index (κ3) is 3.73. The molecule has 0 atom stereocenters. The van der Waals surface area contributed by atoms with Crippen molar-refractivity contribution in [3.05, 3.63) is 35.0 Å². The summed E-state index contributed by atoms with van der Waals surface area (Å²) in [6.07, 6.45) is 2.00. The highest BCUT2D eigenvalue weighted by Crippen LogP contribution is 2.23. The molecule has 1 aromatic rings. The zero-order chi connectivity index (χ0) is 17.7. The van der Waals surface area contributed by atoms with Crippen molar-refractivity contribution in [1.29, 1.82) is 5.41 Å². The van der Waals surface area contributed by atoms with E-state index in [0.717, 1.165) is 28.9 Å². The Kier molecular flexibility index (Phi) is 5.57. The first-order valence-corrected chi connectivity index (χ1v) is 7.82. The predicted octanol–water partition coefficient (Wildman–Crippen LogP) is 1.44. The molecule has 1 heterocycles. The lowest BCUT2D eigenvalue weighted by Crippen LogP contribution is -2.40. The van der Waals surface area contributed by atoms with Gasteiger partial charge in [-0.3, -0.25) is 4.79 Å². The van der Waals surface area contributed by atoms with Crippen LogP contribution in [0.4, 0.5) is 11.4 Å². The quantitative estimate of drug-likeness (QED) is 0.484. The molecule has 0 spiro atoms. The van der Waals surface area contributed by atoms with Crippen molar-refractivity contribution in [3.8, 4) is 0 Å². The van der Waals surface area contributed by atoms with Gasteiger partial charge in [-0.05, 0) is 18.2 Å². The Bertz CT molecular complexity index is 707. The van der Waals surface area contributed by atoms with Gasteiger partial charge in [0.25, 0.3) is 0 Å². The second-order valence-corrected chi connectivity index (χ2v) is 5.56. The van der Waals surface area contributed by atoms with Gasteiger partial charge in [0.15, 0.2) is 0 Å². The average molecular weight is 328 g/mol. The zero-order valence-electron chi connectivity index (χ0n) is 14.3. The summed E-state index contributed by atoms with van der Waals surface area (Å²) in [6.45, 7) is 2.69. The van der Waals surface area contributed by atoms with E-state index >= 15 is 0 Å². The fourth-order valence-electron chi connectivity index (χ4n) is 2.72. The van der Waals surface area contributed by atoms with E-state index in [2.05, 4.69) is 15.6 Å². The Morgan fingerprint density at radius 3 is 2.71 bits per heavy atom. The number of nitrogens with one attached hydrogen (secondary N) is 3. The SMILES string of the molecule is CNC1=C(C(N)=Nc2ccc(NC)c(C=N)c2)CN(C(C)=O)CC1. The molecule has 2 rings (SSSR count). The van der Waals surface area contributed by atoms with E-state index in [9.17, 15) is 4.79 Å². The zero-order valence-corrected chi connectivity index (χ0v) is 14.3. The Balaban J connectivity index is 2.36. The van der Waals surface area contributed by atoms with Crippen LogP contribution in [0.5, 0.6) is 0 Å². The van der Waals surface area contributed by atoms with Crippen LogP contribution < -0.4 is 16.4 Å². The first-order chi connectivity index (χ1) is 11.5. The van der Waals surface area contributed by atoms with Crippen molar-refractivity contribution in [1.82, 2.24) is 10.2 Å². The molecule has 1 aromatic carbocycles. The van der Waals surface area contributed by atoms with Gasteiger partial charge in [-0.15, -0.1) is 0 Å². The second kappa shape index (κ2) is 7.63. The molecule has 1 aliphatic rings. The summed E-state index contributed by atoms with van der Waals surface area (Å²) in [7, 11) is 3.66. The molecule has 7 heteroatoms. The van der Waals surface area contributed by atoms with Crippen molar-refractivity contribution in [2.45, 2.75) is 13.3 Å². The van der Waals surface area contributed by atoms with Crippen LogP contribution in [0.2, 0.25) is 0 Å². The number of anilines is 1. The maximum Gasteiger partial charge on any atom is 0.219 e. The van der Waals surface area contributed by atoms with Crippen molar-refractivity contribution < 1.29 is 4.79 Å². The summed E-state index contributed by atoms with van der Waals surface area (Å²) in [4.78, 5) is 17.9. The summed E-state index contributed by atoms with van der Waals surface area (Å²) < 4.78 is 0. The molecule has 1 aliphatic heterocycles. The highest BCUT2D eigenvalue weighted by atomic mass is 16.2. The van der Waals surface area contributed by atoms with Crippen LogP contribution in [0.15, 0.2) is 34.5 Å². The molecule has 0 saturated heterocycles. The molecule has 1 amide bonds. The lowest BCUT2D eigenvalue weighted by Gasteiger charge is -2.29. The molecular formula is C17H24N6O. The summed E-state index contributed by atoms with van der Waals surface area (Å²) in [5.41, 5.74) is 10.3. The third-order valence-electron chi connectivity index (χ3n) is 4.11. The number of carbonyl (C=O) groups excluding carboxylic acids is 1. The Labute approximate surface area is 142 Å². The van der Waals surface area contributed by atoms with Gasteiger partial charge >= 0.3 is 0 Å². The standard InChI is InChI=1S/C17H24N6O/c1-11(24)23-7-6-16(21-3)14(10-23)17(19)22-13-4-5-15(20-2)12(8-13)9-18/h4-5,8-9,18,20-21H,6-7,10H2,1-3H3,(H2,19,22). The minimum Gasteiger partial charge on any atom is -0.391 e. The predicted molar refractivity (Wildman–Crippen MR) is 98.1 cm³/mol. The fourth-order valence-corrected chi connectivity index (χ4v) is 2.72. The Morgan fingerprint density at radius 1 is 1.38 bits per heavy atom. The molecule has 5 N–H and O–H groups in total. The van der Waals surface area contributed by atoms with Gasteiger partial charge in [0.05, 0.1) is 12.2 Å². The minimum absolute atomic E-state index is 0.0277. The largest absolute Gasteiger partial charge is 0.391 e. The van der Waals surface area contributed by atoms with Crippen LogP contribution in [0.1, 0.15) is 18.9 Å². The topological polar surface area (TPSA) is 107 Å². The van der Waals surface area contributed by atoms with Crippen molar-refractivity contribution in [3.63, 3.8) is 0 Å². The van der Waals surface area contributed by atoms with Crippen molar-refractivity contribution in [2.75, 3.05) is 32.5 Å². The highest BCUT2D eigenvalue weighted by Gasteiger charge is 2.22. The van der Waals surface area contributed by atoms with E-state index in [0.29, 0.717) is 24.6 Å². The van der Waals surface area contributed by atoms with Gasteiger partial charge in [0, 0.05) is 62.7 Å². The van der Waals surface area contributed by atoms with Gasteiger partial charge < -0.3 is 26.7 Å². The number of amidine groups is 1. The average Bonchev–Trinajstić information content (AvgIpc) is 2.60. The molecule has 0 aliphatic carbocycles. The molecule has 128 valence electrons. The monoisotopic (exact) mass is 328 g/mol. The maximum absolute atomic E-state index is 11.6. The third-order valence-corrected chi connectivity index (χ3v) is 4.11. The van der Waals surface area contributed by atoms with E-state index in [4.69, 9.17) is 11.1 Å². The number of hydrogen-bond donors (Lipinski definition) is 4. The second-order valence-electron chi connectivity index (χ2n) is 5.56. The summed E-state index contributed by atoms with van der Waals surface area (Å²) in [5.74, 6) is 0.415. The van der Waals surface area contributed by atoms with Gasteiger partial charge in [0.2, 0.25) is 5.91 Å². The smallest absolute Gasteiger partial charge is 0.219 e. The Hall–Kier alpha value is -2.83. The molecule has 24 heavy (non-hydrogen) atoms. The molecule has 0 saturated carbocycles. The van der Waals surface area contributed by atoms with Crippen LogP contribution in [-0.2, 0) is 4.79 Å². The molecule has 0 bridgehead atoms. The number of aliphatic imine (C=N–C) groups is 1. The molecule has 7 nitrogen and oxygen atoms in total. The number of carbonyl (C=O) groups is 1. The van der Waals surface area contributed by atoms with Gasteiger partial charge in [0.1, 0.15) is 5.84 Å². The van der Waals surface area contributed by atoms with Crippen LogP contribution >= 0.6 is 0 Å². The van der Waals surface area contributed by atoms with Gasteiger partial charge in [-0.1, -0.05) is 0 Å². The number of amides is 1. The molecular weight excluding hydrogens is 304 g/mol. The first kappa shape index (κ1) is 17.5. The number of nitrogens with zero attached hydrogens (tertiary/aromatic N) is 2. The number of hydrogen-bond acceptors (Lipinski definition) is 5. The summed E-state index contributed by atoms with van der Waals surface area (Å²) in [5, 5.41) is 13.7. The minimum atomic E-state index is 0.0277. The van der Waals surface area contributed by atoms with Crippen LogP contribution in [0.3, 0.4) is 0 Å².